The van der Waals surface area contributed by atoms with Gasteiger partial charge in [-0.15, -0.1) is 11.6 Å². The molecule has 0 saturated carbocycles. The smallest absolute Gasteiger partial charge is 0.245 e. The van der Waals surface area contributed by atoms with E-state index < -0.39 is 12.0 Å². The number of halogens is 4. The summed E-state index contributed by atoms with van der Waals surface area (Å²) in [5.74, 6) is -0.116. The zero-order chi connectivity index (χ0) is 10.7. The zero-order valence-electron chi connectivity index (χ0n) is 6.77. The molecule has 0 aliphatic carbocycles. The number of alkyl halides is 3. The second-order valence-electron chi connectivity index (χ2n) is 2.40. The Morgan fingerprint density at radius 2 is 2.21 bits per heavy atom. The van der Waals surface area contributed by atoms with Crippen LogP contribution < -0.4 is 0 Å². The van der Waals surface area contributed by atoms with Crippen molar-refractivity contribution in [1.29, 1.82) is 5.26 Å². The summed E-state index contributed by atoms with van der Waals surface area (Å²) in [6.07, 6.45) is -1.83. The van der Waals surface area contributed by atoms with Gasteiger partial charge in [0.25, 0.3) is 6.43 Å². The SMILES string of the molecule is N#Cc1ncc(C(F)F)c(Cl)c1CCl. The number of hydrogen-bond donors (Lipinski definition) is 0. The first kappa shape index (κ1) is 11.2. The largest absolute Gasteiger partial charge is 0.266 e. The monoisotopic (exact) mass is 236 g/mol. The molecule has 1 aromatic heterocycles. The maximum atomic E-state index is 12.3. The van der Waals surface area contributed by atoms with Crippen LogP contribution in [0.5, 0.6) is 0 Å². The highest BCUT2D eigenvalue weighted by atomic mass is 35.5. The van der Waals surface area contributed by atoms with Crippen LogP contribution in [-0.4, -0.2) is 4.98 Å². The lowest BCUT2D eigenvalue weighted by atomic mass is 10.1. The lowest BCUT2D eigenvalue weighted by molar-refractivity contribution is 0.151. The minimum atomic E-state index is -2.72. The van der Waals surface area contributed by atoms with E-state index in [0.29, 0.717) is 0 Å². The van der Waals surface area contributed by atoms with Crippen LogP contribution in [0.1, 0.15) is 23.2 Å². The Morgan fingerprint density at radius 3 is 2.64 bits per heavy atom. The molecule has 0 bridgehead atoms. The normalized spacial score (nSPS) is 10.3. The maximum absolute atomic E-state index is 12.3. The van der Waals surface area contributed by atoms with E-state index >= 15 is 0 Å². The van der Waals surface area contributed by atoms with Crippen LogP contribution >= 0.6 is 23.2 Å². The third-order valence-electron chi connectivity index (χ3n) is 1.61. The van der Waals surface area contributed by atoms with E-state index in [1.165, 1.54) is 0 Å². The van der Waals surface area contributed by atoms with Crippen LogP contribution in [0.2, 0.25) is 5.02 Å². The summed E-state index contributed by atoms with van der Waals surface area (Å²) in [6.45, 7) is 0. The van der Waals surface area contributed by atoms with E-state index in [-0.39, 0.29) is 22.2 Å². The molecule has 0 aromatic carbocycles. The standard InChI is InChI=1S/C8H4Cl2F2N2/c9-1-4-6(2-13)14-3-5(7(4)10)8(11)12/h3,8H,1H2. The molecule has 0 spiro atoms. The Bertz CT molecular complexity index is 388. The van der Waals surface area contributed by atoms with Crippen molar-refractivity contribution in [3.8, 4) is 6.07 Å². The van der Waals surface area contributed by atoms with Crippen molar-refractivity contribution in [2.45, 2.75) is 12.3 Å². The van der Waals surface area contributed by atoms with Gasteiger partial charge >= 0.3 is 0 Å². The number of aromatic nitrogens is 1. The molecule has 6 heteroatoms. The molecule has 74 valence electrons. The highest BCUT2D eigenvalue weighted by Gasteiger charge is 2.18. The average molecular weight is 237 g/mol. The average Bonchev–Trinajstić information content (AvgIpc) is 2.16. The lowest BCUT2D eigenvalue weighted by Crippen LogP contribution is -1.97. The van der Waals surface area contributed by atoms with Gasteiger partial charge in [-0.2, -0.15) is 5.26 Å². The molecular weight excluding hydrogens is 233 g/mol. The summed E-state index contributed by atoms with van der Waals surface area (Å²) in [5.41, 5.74) is -0.274. The molecule has 1 rings (SSSR count). The zero-order valence-corrected chi connectivity index (χ0v) is 8.28. The summed E-state index contributed by atoms with van der Waals surface area (Å²) in [5, 5.41) is 8.41. The first-order valence-corrected chi connectivity index (χ1v) is 4.44. The molecule has 0 radical (unpaired) electrons. The van der Waals surface area contributed by atoms with E-state index in [0.717, 1.165) is 6.20 Å². The topological polar surface area (TPSA) is 36.7 Å². The fourth-order valence-corrected chi connectivity index (χ4v) is 1.53. The van der Waals surface area contributed by atoms with Crippen LogP contribution in [0.15, 0.2) is 6.20 Å². The third kappa shape index (κ3) is 1.94. The lowest BCUT2D eigenvalue weighted by Gasteiger charge is -2.07. The molecule has 2 nitrogen and oxygen atoms in total. The molecular formula is C8H4Cl2F2N2. The summed E-state index contributed by atoms with van der Waals surface area (Å²) >= 11 is 11.1. The highest BCUT2D eigenvalue weighted by Crippen LogP contribution is 2.31. The number of hydrogen-bond acceptors (Lipinski definition) is 2. The van der Waals surface area contributed by atoms with Gasteiger partial charge in [0.1, 0.15) is 11.8 Å². The summed E-state index contributed by atoms with van der Waals surface area (Å²) < 4.78 is 24.7. The molecule has 0 saturated heterocycles. The van der Waals surface area contributed by atoms with Crippen LogP contribution in [0.25, 0.3) is 0 Å². The first-order valence-electron chi connectivity index (χ1n) is 3.53. The Kier molecular flexibility index (Phi) is 3.62. The molecule has 0 atom stereocenters. The van der Waals surface area contributed by atoms with Crippen molar-refractivity contribution in [3.05, 3.63) is 28.0 Å². The summed E-state index contributed by atoms with van der Waals surface area (Å²) in [6, 6.07) is 1.73. The fourth-order valence-electron chi connectivity index (χ4n) is 0.917. The van der Waals surface area contributed by atoms with Crippen molar-refractivity contribution < 1.29 is 8.78 Å². The van der Waals surface area contributed by atoms with Gasteiger partial charge in [0.2, 0.25) is 0 Å². The summed E-state index contributed by atoms with van der Waals surface area (Å²) in [4.78, 5) is 3.54. The molecule has 0 aliphatic heterocycles. The molecule has 0 aliphatic rings. The maximum Gasteiger partial charge on any atom is 0.266 e. The fraction of sp³-hybridized carbons (Fsp3) is 0.250. The van der Waals surface area contributed by atoms with Crippen molar-refractivity contribution >= 4 is 23.2 Å². The number of pyridine rings is 1. The van der Waals surface area contributed by atoms with Gasteiger partial charge < -0.3 is 0 Å². The van der Waals surface area contributed by atoms with Gasteiger partial charge in [0.05, 0.1) is 16.5 Å². The van der Waals surface area contributed by atoms with Crippen molar-refractivity contribution in [1.82, 2.24) is 4.98 Å². The molecule has 0 fully saturated rings. The van der Waals surface area contributed by atoms with E-state index in [1.54, 1.807) is 6.07 Å². The van der Waals surface area contributed by atoms with Crippen LogP contribution in [0.4, 0.5) is 8.78 Å². The van der Waals surface area contributed by atoms with Crippen LogP contribution in [0.3, 0.4) is 0 Å². The van der Waals surface area contributed by atoms with Gasteiger partial charge in [-0.25, -0.2) is 13.8 Å². The van der Waals surface area contributed by atoms with Gasteiger partial charge in [0, 0.05) is 11.8 Å². The Balaban J connectivity index is 3.37. The van der Waals surface area contributed by atoms with Gasteiger partial charge in [-0.3, -0.25) is 0 Å². The Morgan fingerprint density at radius 1 is 1.57 bits per heavy atom. The Labute approximate surface area is 89.1 Å². The van der Waals surface area contributed by atoms with Gasteiger partial charge in [-0.1, -0.05) is 11.6 Å². The molecule has 14 heavy (non-hydrogen) atoms. The van der Waals surface area contributed by atoms with E-state index in [9.17, 15) is 8.78 Å². The van der Waals surface area contributed by atoms with Crippen molar-refractivity contribution in [3.63, 3.8) is 0 Å². The molecule has 0 N–H and O–H groups in total. The number of nitriles is 1. The number of nitrogens with zero attached hydrogens (tertiary/aromatic N) is 2. The molecule has 1 heterocycles. The Hall–Kier alpha value is -0.920. The first-order chi connectivity index (χ1) is 6.61. The third-order valence-corrected chi connectivity index (χ3v) is 2.33. The second kappa shape index (κ2) is 4.54. The van der Waals surface area contributed by atoms with Crippen molar-refractivity contribution in [2.75, 3.05) is 0 Å². The predicted molar refractivity (Wildman–Crippen MR) is 48.5 cm³/mol. The number of rotatable bonds is 2. The minimum Gasteiger partial charge on any atom is -0.245 e. The minimum absolute atomic E-state index is 0.0191. The van der Waals surface area contributed by atoms with Crippen LogP contribution in [-0.2, 0) is 5.88 Å². The van der Waals surface area contributed by atoms with E-state index in [1.807, 2.05) is 0 Å². The quantitative estimate of drug-likeness (QED) is 0.740. The summed E-state index contributed by atoms with van der Waals surface area (Å²) in [7, 11) is 0. The van der Waals surface area contributed by atoms with Crippen LogP contribution in [0, 0.1) is 11.3 Å². The van der Waals surface area contributed by atoms with E-state index in [2.05, 4.69) is 4.98 Å². The highest BCUT2D eigenvalue weighted by molar-refractivity contribution is 6.33. The predicted octanol–water partition coefficient (Wildman–Crippen LogP) is 3.28. The van der Waals surface area contributed by atoms with Gasteiger partial charge in [0.15, 0.2) is 0 Å². The van der Waals surface area contributed by atoms with E-state index in [4.69, 9.17) is 28.5 Å². The second-order valence-corrected chi connectivity index (χ2v) is 3.05. The van der Waals surface area contributed by atoms with Crippen molar-refractivity contribution in [2.24, 2.45) is 0 Å². The van der Waals surface area contributed by atoms with Gasteiger partial charge in [-0.05, 0) is 0 Å². The molecule has 0 unspecified atom stereocenters. The molecule has 0 amide bonds. The molecule has 1 aromatic rings.